The Kier molecular flexibility index (Phi) is 2.80. The molecule has 0 radical (unpaired) electrons. The minimum Gasteiger partial charge on any atom is -0.385 e. The van der Waals surface area contributed by atoms with Crippen LogP contribution >= 0.6 is 0 Å². The fourth-order valence-corrected chi connectivity index (χ4v) is 2.93. The van der Waals surface area contributed by atoms with Crippen LogP contribution < -0.4 is 0 Å². The Balaban J connectivity index is 2.44. The molecular weight excluding hydrogens is 224 g/mol. The number of aliphatic hydroxyl groups is 1. The highest BCUT2D eigenvalue weighted by Crippen LogP contribution is 2.38. The van der Waals surface area contributed by atoms with Crippen LogP contribution in [0.25, 0.3) is 0 Å². The summed E-state index contributed by atoms with van der Waals surface area (Å²) in [6, 6.07) is 6.67. The van der Waals surface area contributed by atoms with Gasteiger partial charge >= 0.3 is 0 Å². The topological polar surface area (TPSA) is 54.4 Å². The van der Waals surface area contributed by atoms with E-state index in [0.717, 1.165) is 31.2 Å². The molecule has 1 aliphatic carbocycles. The molecule has 0 heterocycles. The molecule has 1 aliphatic rings. The van der Waals surface area contributed by atoms with Crippen molar-refractivity contribution in [2.45, 2.75) is 36.2 Å². The smallest absolute Gasteiger partial charge is 0.175 e. The predicted octanol–water partition coefficient (Wildman–Crippen LogP) is 1.85. The fraction of sp³-hybridized carbons (Fsp3) is 0.500. The maximum Gasteiger partial charge on any atom is 0.175 e. The molecule has 0 spiro atoms. The highest BCUT2D eigenvalue weighted by molar-refractivity contribution is 7.90. The van der Waals surface area contributed by atoms with Gasteiger partial charge in [-0.25, -0.2) is 8.42 Å². The van der Waals surface area contributed by atoms with Gasteiger partial charge in [-0.1, -0.05) is 25.0 Å². The van der Waals surface area contributed by atoms with E-state index in [1.54, 1.807) is 24.3 Å². The summed E-state index contributed by atoms with van der Waals surface area (Å²) >= 11 is 0. The third-order valence-corrected chi connectivity index (χ3v) is 4.34. The van der Waals surface area contributed by atoms with Crippen molar-refractivity contribution < 1.29 is 13.5 Å². The summed E-state index contributed by atoms with van der Waals surface area (Å²) in [6.07, 6.45) is 4.63. The zero-order chi connectivity index (χ0) is 11.8. The first-order valence-electron chi connectivity index (χ1n) is 5.45. The molecule has 3 nitrogen and oxygen atoms in total. The molecule has 0 aromatic heterocycles. The molecule has 0 unspecified atom stereocenters. The molecule has 0 atom stereocenters. The van der Waals surface area contributed by atoms with E-state index < -0.39 is 15.4 Å². The monoisotopic (exact) mass is 240 g/mol. The molecule has 0 amide bonds. The second kappa shape index (κ2) is 3.86. The van der Waals surface area contributed by atoms with Gasteiger partial charge in [0.1, 0.15) is 0 Å². The molecule has 16 heavy (non-hydrogen) atoms. The van der Waals surface area contributed by atoms with Crippen LogP contribution in [-0.2, 0) is 15.4 Å². The van der Waals surface area contributed by atoms with E-state index in [4.69, 9.17) is 0 Å². The lowest BCUT2D eigenvalue weighted by Crippen LogP contribution is -2.21. The first-order chi connectivity index (χ1) is 7.42. The Labute approximate surface area is 96.0 Å². The Morgan fingerprint density at radius 1 is 1.25 bits per heavy atom. The van der Waals surface area contributed by atoms with Gasteiger partial charge in [-0.05, 0) is 30.5 Å². The van der Waals surface area contributed by atoms with Crippen LogP contribution in [0.1, 0.15) is 31.2 Å². The van der Waals surface area contributed by atoms with Crippen molar-refractivity contribution in [1.29, 1.82) is 0 Å². The summed E-state index contributed by atoms with van der Waals surface area (Å²) in [6.45, 7) is 0. The quantitative estimate of drug-likeness (QED) is 0.858. The van der Waals surface area contributed by atoms with Gasteiger partial charge in [0.15, 0.2) is 9.84 Å². The van der Waals surface area contributed by atoms with Crippen molar-refractivity contribution in [2.75, 3.05) is 6.26 Å². The first-order valence-corrected chi connectivity index (χ1v) is 7.34. The van der Waals surface area contributed by atoms with E-state index >= 15 is 0 Å². The Hall–Kier alpha value is -0.870. The largest absolute Gasteiger partial charge is 0.385 e. The van der Waals surface area contributed by atoms with Gasteiger partial charge in [0.05, 0.1) is 10.5 Å². The molecule has 1 fully saturated rings. The lowest BCUT2D eigenvalue weighted by Gasteiger charge is -2.23. The van der Waals surface area contributed by atoms with Gasteiger partial charge in [-0.15, -0.1) is 0 Å². The number of benzene rings is 1. The molecule has 0 aliphatic heterocycles. The molecule has 2 rings (SSSR count). The summed E-state index contributed by atoms with van der Waals surface area (Å²) in [5.74, 6) is 0. The third-order valence-electron chi connectivity index (χ3n) is 3.23. The average Bonchev–Trinajstić information content (AvgIpc) is 2.66. The normalized spacial score (nSPS) is 19.9. The minimum absolute atomic E-state index is 0.283. The molecule has 0 bridgehead atoms. The number of sulfone groups is 1. The van der Waals surface area contributed by atoms with E-state index in [0.29, 0.717) is 0 Å². The van der Waals surface area contributed by atoms with E-state index in [1.165, 1.54) is 6.26 Å². The minimum atomic E-state index is -3.19. The molecular formula is C12H16O3S. The predicted molar refractivity (Wildman–Crippen MR) is 61.9 cm³/mol. The van der Waals surface area contributed by atoms with E-state index in [1.807, 2.05) is 0 Å². The molecule has 0 saturated heterocycles. The van der Waals surface area contributed by atoms with Crippen molar-refractivity contribution in [3.63, 3.8) is 0 Å². The van der Waals surface area contributed by atoms with E-state index in [-0.39, 0.29) is 4.90 Å². The van der Waals surface area contributed by atoms with Crippen LogP contribution in [0, 0.1) is 0 Å². The molecule has 1 aromatic rings. The van der Waals surface area contributed by atoms with Gasteiger partial charge in [0.2, 0.25) is 0 Å². The highest BCUT2D eigenvalue weighted by Gasteiger charge is 2.33. The van der Waals surface area contributed by atoms with Crippen molar-refractivity contribution in [1.82, 2.24) is 0 Å². The molecule has 1 aromatic carbocycles. The molecule has 4 heteroatoms. The Morgan fingerprint density at radius 2 is 1.88 bits per heavy atom. The van der Waals surface area contributed by atoms with Crippen LogP contribution in [0.15, 0.2) is 29.2 Å². The highest BCUT2D eigenvalue weighted by atomic mass is 32.2. The maximum absolute atomic E-state index is 11.4. The summed E-state index contributed by atoms with van der Waals surface area (Å²) in [5, 5.41) is 10.4. The fourth-order valence-electron chi connectivity index (χ4n) is 2.26. The molecule has 1 saturated carbocycles. The lowest BCUT2D eigenvalue weighted by molar-refractivity contribution is 0.0442. The van der Waals surface area contributed by atoms with Crippen molar-refractivity contribution in [2.24, 2.45) is 0 Å². The third kappa shape index (κ3) is 2.13. The Bertz CT molecular complexity index is 485. The van der Waals surface area contributed by atoms with Gasteiger partial charge in [0.25, 0.3) is 0 Å². The summed E-state index contributed by atoms with van der Waals surface area (Å²) in [7, 11) is -3.19. The van der Waals surface area contributed by atoms with Crippen molar-refractivity contribution in [3.8, 4) is 0 Å². The van der Waals surface area contributed by atoms with Gasteiger partial charge in [0, 0.05) is 6.26 Å². The van der Waals surface area contributed by atoms with Gasteiger partial charge in [-0.3, -0.25) is 0 Å². The molecule has 1 N–H and O–H groups in total. The van der Waals surface area contributed by atoms with Gasteiger partial charge < -0.3 is 5.11 Å². The second-order valence-electron chi connectivity index (χ2n) is 4.54. The van der Waals surface area contributed by atoms with Crippen LogP contribution in [-0.4, -0.2) is 19.8 Å². The van der Waals surface area contributed by atoms with E-state index in [2.05, 4.69) is 0 Å². The average molecular weight is 240 g/mol. The second-order valence-corrected chi connectivity index (χ2v) is 6.55. The van der Waals surface area contributed by atoms with Crippen molar-refractivity contribution in [3.05, 3.63) is 29.8 Å². The summed E-state index contributed by atoms with van der Waals surface area (Å²) in [5.41, 5.74) is -0.0892. The lowest BCUT2D eigenvalue weighted by atomic mass is 9.92. The SMILES string of the molecule is CS(=O)(=O)c1cccc(C2(O)CCCC2)c1. The summed E-state index contributed by atoms with van der Waals surface area (Å²) in [4.78, 5) is 0.283. The van der Waals surface area contributed by atoms with E-state index in [9.17, 15) is 13.5 Å². The Morgan fingerprint density at radius 3 is 2.44 bits per heavy atom. The zero-order valence-corrected chi connectivity index (χ0v) is 10.1. The number of hydrogen-bond acceptors (Lipinski definition) is 3. The zero-order valence-electron chi connectivity index (χ0n) is 9.31. The number of hydrogen-bond donors (Lipinski definition) is 1. The first kappa shape index (κ1) is 11.6. The number of rotatable bonds is 2. The maximum atomic E-state index is 11.4. The van der Waals surface area contributed by atoms with Crippen LogP contribution in [0.5, 0.6) is 0 Å². The summed E-state index contributed by atoms with van der Waals surface area (Å²) < 4.78 is 22.8. The van der Waals surface area contributed by atoms with Crippen LogP contribution in [0.3, 0.4) is 0 Å². The molecule has 88 valence electrons. The van der Waals surface area contributed by atoms with Crippen molar-refractivity contribution >= 4 is 9.84 Å². The van der Waals surface area contributed by atoms with Gasteiger partial charge in [-0.2, -0.15) is 0 Å². The standard InChI is InChI=1S/C12H16O3S/c1-16(14,15)11-6-4-5-10(9-11)12(13)7-2-3-8-12/h4-6,9,13H,2-3,7-8H2,1H3. The van der Waals surface area contributed by atoms with Crippen LogP contribution in [0.2, 0.25) is 0 Å². The van der Waals surface area contributed by atoms with Crippen LogP contribution in [0.4, 0.5) is 0 Å².